The minimum absolute atomic E-state index is 0.277. The molecule has 0 radical (unpaired) electrons. The number of anilines is 1. The Kier molecular flexibility index (Phi) is 6.82. The largest absolute Gasteiger partial charge is 0.497 e. The Labute approximate surface area is 181 Å². The van der Waals surface area contributed by atoms with Crippen LogP contribution in [-0.4, -0.2) is 24.8 Å². The van der Waals surface area contributed by atoms with E-state index in [0.717, 1.165) is 4.47 Å². The number of carbonyl (C=O) groups excluding carboxylic acids is 3. The molecule has 152 valence electrons. The number of carbonyl (C=O) groups is 3. The first-order chi connectivity index (χ1) is 14.5. The summed E-state index contributed by atoms with van der Waals surface area (Å²) < 4.78 is 5.92. The van der Waals surface area contributed by atoms with Crippen LogP contribution in [0.2, 0.25) is 0 Å². The fraction of sp³-hybridized carbons (Fsp3) is 0.0455. The van der Waals surface area contributed by atoms with Gasteiger partial charge in [0.25, 0.3) is 17.7 Å². The van der Waals surface area contributed by atoms with E-state index >= 15 is 0 Å². The fourth-order valence-corrected chi connectivity index (χ4v) is 2.81. The van der Waals surface area contributed by atoms with Gasteiger partial charge in [0.15, 0.2) is 0 Å². The number of hydrogen-bond donors (Lipinski definition) is 3. The molecule has 7 nitrogen and oxygen atoms in total. The van der Waals surface area contributed by atoms with E-state index in [4.69, 9.17) is 4.74 Å². The molecule has 3 N–H and O–H groups in total. The van der Waals surface area contributed by atoms with Crippen molar-refractivity contribution in [1.82, 2.24) is 10.9 Å². The molecule has 0 aromatic heterocycles. The SMILES string of the molecule is COc1ccc(C(=O)Nc2cccc(C(=O)NNC(=O)c3ccc(Br)cc3)c2)cc1. The van der Waals surface area contributed by atoms with Crippen LogP contribution in [0.1, 0.15) is 31.1 Å². The monoisotopic (exact) mass is 467 g/mol. The van der Waals surface area contributed by atoms with Crippen molar-refractivity contribution in [2.45, 2.75) is 0 Å². The predicted octanol–water partition coefficient (Wildman–Crippen LogP) is 3.78. The molecule has 0 heterocycles. The lowest BCUT2D eigenvalue weighted by Crippen LogP contribution is -2.41. The van der Waals surface area contributed by atoms with E-state index in [0.29, 0.717) is 22.6 Å². The van der Waals surface area contributed by atoms with Gasteiger partial charge in [-0.3, -0.25) is 25.2 Å². The third-order valence-corrected chi connectivity index (χ3v) is 4.66. The number of hydrogen-bond acceptors (Lipinski definition) is 4. The molecular weight excluding hydrogens is 450 g/mol. The molecule has 0 aliphatic rings. The second-order valence-corrected chi connectivity index (χ2v) is 7.09. The van der Waals surface area contributed by atoms with Crippen molar-refractivity contribution in [3.8, 4) is 5.75 Å². The van der Waals surface area contributed by atoms with Crippen LogP contribution < -0.4 is 20.9 Å². The zero-order valence-corrected chi connectivity index (χ0v) is 17.5. The molecular formula is C22H18BrN3O4. The van der Waals surface area contributed by atoms with Gasteiger partial charge in [0.2, 0.25) is 0 Å². The summed E-state index contributed by atoms with van der Waals surface area (Å²) in [5.41, 5.74) is 6.30. The maximum atomic E-state index is 12.4. The van der Waals surface area contributed by atoms with Gasteiger partial charge in [-0.1, -0.05) is 22.0 Å². The highest BCUT2D eigenvalue weighted by Gasteiger charge is 2.11. The minimum Gasteiger partial charge on any atom is -0.497 e. The zero-order valence-electron chi connectivity index (χ0n) is 15.9. The van der Waals surface area contributed by atoms with Crippen molar-refractivity contribution in [2.75, 3.05) is 12.4 Å². The number of benzene rings is 3. The molecule has 3 amide bonds. The highest BCUT2D eigenvalue weighted by Crippen LogP contribution is 2.15. The number of methoxy groups -OCH3 is 1. The van der Waals surface area contributed by atoms with Crippen molar-refractivity contribution >= 4 is 39.3 Å². The smallest absolute Gasteiger partial charge is 0.269 e. The summed E-state index contributed by atoms with van der Waals surface area (Å²) in [5.74, 6) is -0.630. The van der Waals surface area contributed by atoms with Crippen LogP contribution in [0.4, 0.5) is 5.69 Å². The molecule has 0 aliphatic carbocycles. The van der Waals surface area contributed by atoms with Gasteiger partial charge in [-0.05, 0) is 66.7 Å². The van der Waals surface area contributed by atoms with Crippen LogP contribution in [0.5, 0.6) is 5.75 Å². The van der Waals surface area contributed by atoms with Crippen LogP contribution in [-0.2, 0) is 0 Å². The van der Waals surface area contributed by atoms with Gasteiger partial charge in [-0.2, -0.15) is 0 Å². The quantitative estimate of drug-likeness (QED) is 0.497. The number of rotatable bonds is 5. The Balaban J connectivity index is 1.61. The Morgan fingerprint density at radius 3 is 1.93 bits per heavy atom. The fourth-order valence-electron chi connectivity index (χ4n) is 2.54. The molecule has 30 heavy (non-hydrogen) atoms. The number of amides is 3. The first-order valence-corrected chi connectivity index (χ1v) is 9.67. The van der Waals surface area contributed by atoms with Crippen molar-refractivity contribution in [1.29, 1.82) is 0 Å². The molecule has 0 atom stereocenters. The number of nitrogens with one attached hydrogen (secondary N) is 3. The average molecular weight is 468 g/mol. The van der Waals surface area contributed by atoms with E-state index in [1.54, 1.807) is 73.8 Å². The van der Waals surface area contributed by atoms with Gasteiger partial charge in [-0.25, -0.2) is 0 Å². The van der Waals surface area contributed by atoms with E-state index in [2.05, 4.69) is 32.1 Å². The maximum Gasteiger partial charge on any atom is 0.269 e. The molecule has 0 saturated carbocycles. The van der Waals surface area contributed by atoms with E-state index in [1.807, 2.05) is 0 Å². The van der Waals surface area contributed by atoms with Crippen LogP contribution in [0.3, 0.4) is 0 Å². The van der Waals surface area contributed by atoms with Gasteiger partial charge in [-0.15, -0.1) is 0 Å². The van der Waals surface area contributed by atoms with Crippen molar-refractivity contribution in [3.63, 3.8) is 0 Å². The van der Waals surface area contributed by atoms with Crippen molar-refractivity contribution in [3.05, 3.63) is 94.0 Å². The minimum atomic E-state index is -0.513. The average Bonchev–Trinajstić information content (AvgIpc) is 2.78. The summed E-state index contributed by atoms with van der Waals surface area (Å²) in [5, 5.41) is 2.74. The molecule has 8 heteroatoms. The topological polar surface area (TPSA) is 96.5 Å². The first kappa shape index (κ1) is 21.1. The summed E-state index contributed by atoms with van der Waals surface area (Å²) >= 11 is 3.30. The van der Waals surface area contributed by atoms with Gasteiger partial charge in [0.05, 0.1) is 7.11 Å². The molecule has 3 aromatic carbocycles. The first-order valence-electron chi connectivity index (χ1n) is 8.88. The van der Waals surface area contributed by atoms with E-state index in [1.165, 1.54) is 6.07 Å². The van der Waals surface area contributed by atoms with Gasteiger partial charge < -0.3 is 10.1 Å². The highest BCUT2D eigenvalue weighted by molar-refractivity contribution is 9.10. The Hall–Kier alpha value is -3.65. The maximum absolute atomic E-state index is 12.4. The van der Waals surface area contributed by atoms with Crippen LogP contribution >= 0.6 is 15.9 Å². The van der Waals surface area contributed by atoms with Crippen LogP contribution in [0, 0.1) is 0 Å². The third-order valence-electron chi connectivity index (χ3n) is 4.13. The Morgan fingerprint density at radius 1 is 0.733 bits per heavy atom. The van der Waals surface area contributed by atoms with Gasteiger partial charge >= 0.3 is 0 Å². The molecule has 0 fully saturated rings. The lowest BCUT2D eigenvalue weighted by atomic mass is 10.1. The van der Waals surface area contributed by atoms with E-state index in [9.17, 15) is 14.4 Å². The van der Waals surface area contributed by atoms with Crippen LogP contribution in [0.15, 0.2) is 77.3 Å². The molecule has 0 aliphatic heterocycles. The molecule has 0 bridgehead atoms. The third kappa shape index (κ3) is 5.45. The molecule has 0 saturated heterocycles. The second-order valence-electron chi connectivity index (χ2n) is 6.18. The summed E-state index contributed by atoms with van der Waals surface area (Å²) in [6.07, 6.45) is 0. The summed E-state index contributed by atoms with van der Waals surface area (Å²) in [6.45, 7) is 0. The molecule has 0 unspecified atom stereocenters. The summed E-state index contributed by atoms with van der Waals surface area (Å²) in [6, 6.07) is 19.8. The number of halogens is 1. The molecule has 3 rings (SSSR count). The van der Waals surface area contributed by atoms with E-state index < -0.39 is 11.8 Å². The highest BCUT2D eigenvalue weighted by atomic mass is 79.9. The van der Waals surface area contributed by atoms with Gasteiger partial charge in [0.1, 0.15) is 5.75 Å². The summed E-state index contributed by atoms with van der Waals surface area (Å²) in [4.78, 5) is 36.8. The van der Waals surface area contributed by atoms with Gasteiger partial charge in [0, 0.05) is 26.9 Å². The van der Waals surface area contributed by atoms with Crippen molar-refractivity contribution in [2.24, 2.45) is 0 Å². The normalized spacial score (nSPS) is 10.1. The summed E-state index contributed by atoms with van der Waals surface area (Å²) in [7, 11) is 1.55. The standard InChI is InChI=1S/C22H18BrN3O4/c1-30-19-11-7-14(8-12-19)20(27)24-18-4-2-3-16(13-18)22(29)26-25-21(28)15-5-9-17(23)10-6-15/h2-13H,1H3,(H,24,27)(H,25,28)(H,26,29). The number of ether oxygens (including phenoxy) is 1. The lowest BCUT2D eigenvalue weighted by Gasteiger charge is -2.10. The number of hydrazine groups is 1. The lowest BCUT2D eigenvalue weighted by molar-refractivity contribution is 0.0846. The molecule has 3 aromatic rings. The second kappa shape index (κ2) is 9.71. The van der Waals surface area contributed by atoms with Crippen molar-refractivity contribution < 1.29 is 19.1 Å². The Morgan fingerprint density at radius 2 is 1.30 bits per heavy atom. The van der Waals surface area contributed by atoms with Crippen LogP contribution in [0.25, 0.3) is 0 Å². The molecule has 0 spiro atoms. The Bertz CT molecular complexity index is 1070. The predicted molar refractivity (Wildman–Crippen MR) is 116 cm³/mol. The van der Waals surface area contributed by atoms with E-state index in [-0.39, 0.29) is 11.5 Å². The zero-order chi connectivity index (χ0) is 21.5.